The van der Waals surface area contributed by atoms with Crippen molar-refractivity contribution < 1.29 is 4.79 Å². The van der Waals surface area contributed by atoms with Crippen molar-refractivity contribution in [3.63, 3.8) is 0 Å². The first kappa shape index (κ1) is 12.7. The van der Waals surface area contributed by atoms with Crippen LogP contribution in [0.4, 0.5) is 0 Å². The van der Waals surface area contributed by atoms with Crippen molar-refractivity contribution in [2.75, 3.05) is 13.1 Å². The second-order valence-electron chi connectivity index (χ2n) is 3.45. The van der Waals surface area contributed by atoms with Gasteiger partial charge in [-0.3, -0.25) is 4.79 Å². The van der Waals surface area contributed by atoms with E-state index in [4.69, 9.17) is 11.5 Å². The highest BCUT2D eigenvalue weighted by atomic mass is 35.5. The molecule has 5 heteroatoms. The Morgan fingerprint density at radius 1 is 1.46 bits per heavy atom. The van der Waals surface area contributed by atoms with Crippen LogP contribution in [-0.4, -0.2) is 36.0 Å². The first-order valence-corrected chi connectivity index (χ1v) is 4.41. The number of likely N-dealkylation sites (tertiary alicyclic amines) is 1. The van der Waals surface area contributed by atoms with Crippen LogP contribution in [0.25, 0.3) is 0 Å². The van der Waals surface area contributed by atoms with E-state index in [-0.39, 0.29) is 30.4 Å². The van der Waals surface area contributed by atoms with Gasteiger partial charge < -0.3 is 16.4 Å². The van der Waals surface area contributed by atoms with E-state index in [1.807, 2.05) is 0 Å². The maximum atomic E-state index is 11.4. The molecular formula is C8H18ClN3O. The molecule has 1 heterocycles. The van der Waals surface area contributed by atoms with Gasteiger partial charge in [0.25, 0.3) is 0 Å². The second kappa shape index (κ2) is 5.42. The summed E-state index contributed by atoms with van der Waals surface area (Å²) in [7, 11) is 0. The SMILES string of the molecule is C[C@@H](N)C(=O)N1CCC(N)CC1.Cl. The molecule has 1 atom stereocenters. The molecule has 1 fully saturated rings. The topological polar surface area (TPSA) is 72.4 Å². The highest BCUT2D eigenvalue weighted by Crippen LogP contribution is 2.08. The molecule has 0 bridgehead atoms. The summed E-state index contributed by atoms with van der Waals surface area (Å²) in [6.07, 6.45) is 1.80. The van der Waals surface area contributed by atoms with Gasteiger partial charge in [0.05, 0.1) is 6.04 Å². The van der Waals surface area contributed by atoms with Crippen LogP contribution >= 0.6 is 12.4 Å². The number of amides is 1. The van der Waals surface area contributed by atoms with Crippen molar-refractivity contribution >= 4 is 18.3 Å². The minimum absolute atomic E-state index is 0. The van der Waals surface area contributed by atoms with E-state index in [2.05, 4.69) is 0 Å². The number of nitrogens with two attached hydrogens (primary N) is 2. The van der Waals surface area contributed by atoms with Gasteiger partial charge in [-0.2, -0.15) is 0 Å². The molecule has 0 aromatic carbocycles. The number of carbonyl (C=O) groups is 1. The Morgan fingerprint density at radius 3 is 2.31 bits per heavy atom. The zero-order valence-corrected chi connectivity index (χ0v) is 8.72. The summed E-state index contributed by atoms with van der Waals surface area (Å²) in [4.78, 5) is 13.2. The summed E-state index contributed by atoms with van der Waals surface area (Å²) in [5.74, 6) is 0.0434. The van der Waals surface area contributed by atoms with E-state index in [0.29, 0.717) is 0 Å². The molecule has 0 spiro atoms. The maximum absolute atomic E-state index is 11.4. The predicted molar refractivity (Wildman–Crippen MR) is 54.7 cm³/mol. The summed E-state index contributed by atoms with van der Waals surface area (Å²) in [5.41, 5.74) is 11.2. The molecule has 13 heavy (non-hydrogen) atoms. The standard InChI is InChI=1S/C8H17N3O.ClH/c1-6(9)8(12)11-4-2-7(10)3-5-11;/h6-7H,2-5,9-10H2,1H3;1H/t6-;/m1./s1. The van der Waals surface area contributed by atoms with E-state index in [9.17, 15) is 4.79 Å². The Balaban J connectivity index is 0.00000144. The van der Waals surface area contributed by atoms with Crippen molar-refractivity contribution in [1.29, 1.82) is 0 Å². The second-order valence-corrected chi connectivity index (χ2v) is 3.45. The molecular weight excluding hydrogens is 190 g/mol. The van der Waals surface area contributed by atoms with Gasteiger partial charge in [-0.1, -0.05) is 0 Å². The van der Waals surface area contributed by atoms with Gasteiger partial charge in [0.1, 0.15) is 0 Å². The van der Waals surface area contributed by atoms with Crippen LogP contribution < -0.4 is 11.5 Å². The minimum Gasteiger partial charge on any atom is -0.341 e. The quantitative estimate of drug-likeness (QED) is 0.621. The molecule has 78 valence electrons. The fourth-order valence-corrected chi connectivity index (χ4v) is 1.41. The molecule has 0 aromatic rings. The number of rotatable bonds is 1. The Bertz CT molecular complexity index is 167. The zero-order chi connectivity index (χ0) is 9.14. The van der Waals surface area contributed by atoms with E-state index >= 15 is 0 Å². The predicted octanol–water partition coefficient (Wildman–Crippen LogP) is -0.295. The van der Waals surface area contributed by atoms with Crippen molar-refractivity contribution in [1.82, 2.24) is 4.90 Å². The molecule has 0 radical (unpaired) electrons. The number of piperidine rings is 1. The fourth-order valence-electron chi connectivity index (χ4n) is 1.41. The van der Waals surface area contributed by atoms with Crippen molar-refractivity contribution in [2.24, 2.45) is 11.5 Å². The summed E-state index contributed by atoms with van der Waals surface area (Å²) >= 11 is 0. The number of hydrogen-bond donors (Lipinski definition) is 2. The number of carbonyl (C=O) groups excluding carboxylic acids is 1. The molecule has 4 N–H and O–H groups in total. The normalized spacial score (nSPS) is 20.7. The molecule has 4 nitrogen and oxygen atoms in total. The highest BCUT2D eigenvalue weighted by Gasteiger charge is 2.22. The molecule has 1 rings (SSSR count). The number of nitrogens with zero attached hydrogens (tertiary/aromatic N) is 1. The maximum Gasteiger partial charge on any atom is 0.239 e. The van der Waals surface area contributed by atoms with Gasteiger partial charge >= 0.3 is 0 Å². The zero-order valence-electron chi connectivity index (χ0n) is 7.90. The average Bonchev–Trinajstić information content (AvgIpc) is 2.04. The molecule has 0 aromatic heterocycles. The van der Waals surface area contributed by atoms with Gasteiger partial charge in [0.15, 0.2) is 0 Å². The molecule has 0 saturated carbocycles. The fraction of sp³-hybridized carbons (Fsp3) is 0.875. The van der Waals surface area contributed by atoms with E-state index in [0.717, 1.165) is 25.9 Å². The lowest BCUT2D eigenvalue weighted by atomic mass is 10.1. The Kier molecular flexibility index (Phi) is 5.29. The van der Waals surface area contributed by atoms with Gasteiger partial charge in [0.2, 0.25) is 5.91 Å². The molecule has 1 saturated heterocycles. The summed E-state index contributed by atoms with van der Waals surface area (Å²) in [5, 5.41) is 0. The Morgan fingerprint density at radius 2 is 1.92 bits per heavy atom. The lowest BCUT2D eigenvalue weighted by Gasteiger charge is -2.31. The molecule has 0 aliphatic carbocycles. The van der Waals surface area contributed by atoms with Crippen LogP contribution in [0.15, 0.2) is 0 Å². The van der Waals surface area contributed by atoms with Crippen LogP contribution in [0.3, 0.4) is 0 Å². The van der Waals surface area contributed by atoms with Crippen molar-refractivity contribution in [3.8, 4) is 0 Å². The van der Waals surface area contributed by atoms with Crippen molar-refractivity contribution in [3.05, 3.63) is 0 Å². The van der Waals surface area contributed by atoms with Crippen LogP contribution in [0.1, 0.15) is 19.8 Å². The molecule has 1 aliphatic rings. The number of halogens is 1. The first-order chi connectivity index (χ1) is 5.61. The van der Waals surface area contributed by atoms with E-state index in [1.54, 1.807) is 11.8 Å². The van der Waals surface area contributed by atoms with E-state index in [1.165, 1.54) is 0 Å². The smallest absolute Gasteiger partial charge is 0.239 e. The molecule has 1 aliphatic heterocycles. The third kappa shape index (κ3) is 3.50. The summed E-state index contributed by atoms with van der Waals surface area (Å²) in [6.45, 7) is 3.25. The highest BCUT2D eigenvalue weighted by molar-refractivity contribution is 5.85. The lowest BCUT2D eigenvalue weighted by molar-refractivity contribution is -0.133. The van der Waals surface area contributed by atoms with Gasteiger partial charge in [-0.05, 0) is 19.8 Å². The minimum atomic E-state index is -0.376. The van der Waals surface area contributed by atoms with Crippen LogP contribution in [0, 0.1) is 0 Å². The van der Waals surface area contributed by atoms with Gasteiger partial charge in [-0.15, -0.1) is 12.4 Å². The van der Waals surface area contributed by atoms with Crippen LogP contribution in [0.2, 0.25) is 0 Å². The average molecular weight is 208 g/mol. The summed E-state index contributed by atoms with van der Waals surface area (Å²) in [6, 6.07) is -0.110. The monoisotopic (exact) mass is 207 g/mol. The first-order valence-electron chi connectivity index (χ1n) is 4.41. The third-order valence-corrected chi connectivity index (χ3v) is 2.24. The molecule has 1 amide bonds. The Hall–Kier alpha value is -0.320. The number of hydrogen-bond acceptors (Lipinski definition) is 3. The molecule has 0 unspecified atom stereocenters. The van der Waals surface area contributed by atoms with Crippen LogP contribution in [-0.2, 0) is 4.79 Å². The van der Waals surface area contributed by atoms with Gasteiger partial charge in [0, 0.05) is 19.1 Å². The van der Waals surface area contributed by atoms with Crippen LogP contribution in [0.5, 0.6) is 0 Å². The van der Waals surface area contributed by atoms with Crippen molar-refractivity contribution in [2.45, 2.75) is 31.8 Å². The largest absolute Gasteiger partial charge is 0.341 e. The lowest BCUT2D eigenvalue weighted by Crippen LogP contribution is -2.48. The van der Waals surface area contributed by atoms with E-state index < -0.39 is 0 Å². The Labute approximate surface area is 85.0 Å². The summed E-state index contributed by atoms with van der Waals surface area (Å²) < 4.78 is 0. The third-order valence-electron chi connectivity index (χ3n) is 2.24. The van der Waals surface area contributed by atoms with Gasteiger partial charge in [-0.25, -0.2) is 0 Å².